The summed E-state index contributed by atoms with van der Waals surface area (Å²) in [6.07, 6.45) is 1.79. The quantitative estimate of drug-likeness (QED) is 0.372. The lowest BCUT2D eigenvalue weighted by molar-refractivity contribution is 0.0692. The number of para-hydroxylation sites is 1. The number of piperidine rings is 1. The average Bonchev–Trinajstić information content (AvgIpc) is 3.28. The highest BCUT2D eigenvalue weighted by molar-refractivity contribution is 6.00. The third kappa shape index (κ3) is 4.23. The van der Waals surface area contributed by atoms with E-state index < -0.39 is 17.2 Å². The maximum atomic E-state index is 13.8. The lowest BCUT2D eigenvalue weighted by atomic mass is 10.1. The molecule has 4 heterocycles. The molecule has 0 amide bonds. The SMILES string of the molecule is CC#CCn1c(N2CCC[C@@H](N)C2)nc2c1c(=O)n(Cc1nc(C(=O)O)c3ccccc3n1)c(=O)n2C. The van der Waals surface area contributed by atoms with Gasteiger partial charge in [0.25, 0.3) is 5.56 Å². The molecule has 1 aliphatic rings. The van der Waals surface area contributed by atoms with Gasteiger partial charge in [-0.2, -0.15) is 4.98 Å². The summed E-state index contributed by atoms with van der Waals surface area (Å²) in [5.41, 5.74) is 5.67. The Hall–Kier alpha value is -4.50. The molecule has 190 valence electrons. The fourth-order valence-electron chi connectivity index (χ4n) is 4.74. The molecule has 12 nitrogen and oxygen atoms in total. The van der Waals surface area contributed by atoms with E-state index in [4.69, 9.17) is 5.73 Å². The second-order valence-electron chi connectivity index (χ2n) is 8.99. The number of nitrogens with zero attached hydrogens (tertiary/aromatic N) is 7. The molecular weight excluding hydrogens is 476 g/mol. The van der Waals surface area contributed by atoms with Crippen LogP contribution in [0.1, 0.15) is 36.1 Å². The zero-order chi connectivity index (χ0) is 26.3. The third-order valence-electron chi connectivity index (χ3n) is 6.52. The minimum Gasteiger partial charge on any atom is -0.476 e. The van der Waals surface area contributed by atoms with E-state index in [0.29, 0.717) is 23.4 Å². The van der Waals surface area contributed by atoms with Crippen molar-refractivity contribution >= 4 is 34.0 Å². The molecule has 3 N–H and O–H groups in total. The van der Waals surface area contributed by atoms with Crippen molar-refractivity contribution in [2.75, 3.05) is 18.0 Å². The highest BCUT2D eigenvalue weighted by Gasteiger charge is 2.26. The number of hydrogen-bond donors (Lipinski definition) is 2. The first kappa shape index (κ1) is 24.2. The molecule has 0 aliphatic carbocycles. The van der Waals surface area contributed by atoms with Gasteiger partial charge in [0.15, 0.2) is 16.9 Å². The number of anilines is 1. The minimum atomic E-state index is -1.23. The summed E-state index contributed by atoms with van der Waals surface area (Å²) in [6.45, 7) is 2.91. The van der Waals surface area contributed by atoms with Gasteiger partial charge in [-0.3, -0.25) is 18.5 Å². The maximum Gasteiger partial charge on any atom is 0.355 e. The second kappa shape index (κ2) is 9.51. The van der Waals surface area contributed by atoms with Gasteiger partial charge in [-0.05, 0) is 25.8 Å². The van der Waals surface area contributed by atoms with Crippen LogP contribution in [-0.4, -0.2) is 58.9 Å². The first-order valence-corrected chi connectivity index (χ1v) is 11.9. The first-order chi connectivity index (χ1) is 17.8. The Bertz CT molecular complexity index is 1720. The number of carbonyl (C=O) groups is 1. The molecule has 4 aromatic rings. The van der Waals surface area contributed by atoms with Crippen LogP contribution in [0.25, 0.3) is 22.1 Å². The summed E-state index contributed by atoms with van der Waals surface area (Å²) in [4.78, 5) is 54.2. The molecule has 1 fully saturated rings. The minimum absolute atomic E-state index is 0.0202. The monoisotopic (exact) mass is 502 g/mol. The van der Waals surface area contributed by atoms with E-state index in [9.17, 15) is 19.5 Å². The van der Waals surface area contributed by atoms with Crippen LogP contribution >= 0.6 is 0 Å². The molecule has 37 heavy (non-hydrogen) atoms. The topological polar surface area (TPSA) is 154 Å². The summed E-state index contributed by atoms with van der Waals surface area (Å²) in [7, 11) is 1.54. The fraction of sp³-hybridized carbons (Fsp3) is 0.360. The zero-order valence-corrected chi connectivity index (χ0v) is 20.5. The van der Waals surface area contributed by atoms with Crippen molar-refractivity contribution in [3.63, 3.8) is 0 Å². The van der Waals surface area contributed by atoms with Crippen LogP contribution in [0.3, 0.4) is 0 Å². The van der Waals surface area contributed by atoms with Gasteiger partial charge in [-0.1, -0.05) is 24.1 Å². The van der Waals surface area contributed by atoms with Gasteiger partial charge in [-0.15, -0.1) is 5.92 Å². The Kier molecular flexibility index (Phi) is 6.22. The van der Waals surface area contributed by atoms with Gasteiger partial charge in [0.05, 0.1) is 18.6 Å². The molecule has 12 heteroatoms. The lowest BCUT2D eigenvalue weighted by Crippen LogP contribution is -2.44. The van der Waals surface area contributed by atoms with Crippen molar-refractivity contribution in [3.05, 3.63) is 56.6 Å². The Balaban J connectivity index is 1.70. The average molecular weight is 503 g/mol. The van der Waals surface area contributed by atoms with E-state index in [1.807, 2.05) is 4.90 Å². The highest BCUT2D eigenvalue weighted by Crippen LogP contribution is 2.23. The van der Waals surface area contributed by atoms with E-state index in [2.05, 4.69) is 26.8 Å². The summed E-state index contributed by atoms with van der Waals surface area (Å²) < 4.78 is 4.02. The van der Waals surface area contributed by atoms with Crippen LogP contribution in [-0.2, 0) is 20.1 Å². The molecule has 0 unspecified atom stereocenters. The molecule has 1 aliphatic heterocycles. The van der Waals surface area contributed by atoms with E-state index in [1.165, 1.54) is 4.57 Å². The van der Waals surface area contributed by atoms with Crippen LogP contribution in [0, 0.1) is 11.8 Å². The largest absolute Gasteiger partial charge is 0.476 e. The van der Waals surface area contributed by atoms with E-state index in [-0.39, 0.29) is 41.8 Å². The number of aromatic carboxylic acids is 1. The Morgan fingerprint density at radius 1 is 1.19 bits per heavy atom. The summed E-state index contributed by atoms with van der Waals surface area (Å²) in [5.74, 6) is 5.19. The normalized spacial score (nSPS) is 15.6. The van der Waals surface area contributed by atoms with Crippen molar-refractivity contribution in [1.82, 2.24) is 28.7 Å². The summed E-state index contributed by atoms with van der Waals surface area (Å²) in [5, 5.41) is 10.0. The second-order valence-corrected chi connectivity index (χ2v) is 8.99. The molecule has 0 saturated carbocycles. The van der Waals surface area contributed by atoms with Crippen LogP contribution in [0.2, 0.25) is 0 Å². The number of rotatable bonds is 5. The number of hydrogen-bond acceptors (Lipinski definition) is 8. The maximum absolute atomic E-state index is 13.8. The van der Waals surface area contributed by atoms with Crippen molar-refractivity contribution in [3.8, 4) is 11.8 Å². The van der Waals surface area contributed by atoms with Crippen LogP contribution < -0.4 is 21.9 Å². The number of carboxylic acids is 1. The Labute approximate surface area is 211 Å². The molecule has 1 saturated heterocycles. The number of fused-ring (bicyclic) bond motifs is 2. The number of aryl methyl sites for hydroxylation is 1. The standard InChI is InChI=1S/C25H26N8O4/c1-3-4-12-32-20-21(29-24(32)31-11-7-8-15(26)13-31)30(2)25(37)33(22(20)34)14-18-27-17-10-6-5-9-16(17)19(28-18)23(35)36/h5-6,9-10,15H,7-8,11-14,26H2,1-2H3,(H,35,36)/t15-/m1/s1. The predicted octanol–water partition coefficient (Wildman–Crippen LogP) is 0.537. The zero-order valence-electron chi connectivity index (χ0n) is 20.5. The molecule has 1 atom stereocenters. The molecule has 1 aromatic carbocycles. The van der Waals surface area contributed by atoms with Gasteiger partial charge in [0.1, 0.15) is 5.82 Å². The predicted molar refractivity (Wildman–Crippen MR) is 138 cm³/mol. The number of aromatic nitrogens is 6. The van der Waals surface area contributed by atoms with Crippen LogP contribution in [0.5, 0.6) is 0 Å². The van der Waals surface area contributed by atoms with Crippen molar-refractivity contribution in [2.24, 2.45) is 12.8 Å². The van der Waals surface area contributed by atoms with Gasteiger partial charge in [0, 0.05) is 31.6 Å². The fourth-order valence-corrected chi connectivity index (χ4v) is 4.74. The van der Waals surface area contributed by atoms with E-state index >= 15 is 0 Å². The first-order valence-electron chi connectivity index (χ1n) is 11.9. The Morgan fingerprint density at radius 3 is 2.70 bits per heavy atom. The van der Waals surface area contributed by atoms with Gasteiger partial charge in [-0.25, -0.2) is 19.6 Å². The van der Waals surface area contributed by atoms with E-state index in [1.54, 1.807) is 42.8 Å². The summed E-state index contributed by atoms with van der Waals surface area (Å²) in [6, 6.07) is 6.67. The molecular formula is C25H26N8O4. The van der Waals surface area contributed by atoms with Crippen LogP contribution in [0.4, 0.5) is 5.95 Å². The smallest absolute Gasteiger partial charge is 0.355 e. The number of benzene rings is 1. The lowest BCUT2D eigenvalue weighted by Gasteiger charge is -2.31. The molecule has 0 spiro atoms. The van der Waals surface area contributed by atoms with E-state index in [0.717, 1.165) is 24.0 Å². The van der Waals surface area contributed by atoms with Gasteiger partial charge < -0.3 is 15.7 Å². The number of imidazole rings is 1. The van der Waals surface area contributed by atoms with Crippen molar-refractivity contribution in [1.29, 1.82) is 0 Å². The van der Waals surface area contributed by atoms with Crippen LogP contribution in [0.15, 0.2) is 33.9 Å². The van der Waals surface area contributed by atoms with Crippen molar-refractivity contribution < 1.29 is 9.90 Å². The number of nitrogens with two attached hydrogens (primary N) is 1. The molecule has 3 aromatic heterocycles. The summed E-state index contributed by atoms with van der Waals surface area (Å²) >= 11 is 0. The molecule has 5 rings (SSSR count). The molecule has 0 bridgehead atoms. The van der Waals surface area contributed by atoms with Gasteiger partial charge in [0.2, 0.25) is 5.95 Å². The highest BCUT2D eigenvalue weighted by atomic mass is 16.4. The van der Waals surface area contributed by atoms with Crippen molar-refractivity contribution in [2.45, 2.75) is 38.9 Å². The van der Waals surface area contributed by atoms with Gasteiger partial charge >= 0.3 is 11.7 Å². The third-order valence-corrected chi connectivity index (χ3v) is 6.52. The Morgan fingerprint density at radius 2 is 1.97 bits per heavy atom. The molecule has 0 radical (unpaired) electrons. The number of carboxylic acid groups (broad SMARTS) is 1.